The maximum Gasteiger partial charge on any atom is 0.143 e. The van der Waals surface area contributed by atoms with Crippen molar-refractivity contribution in [2.24, 2.45) is 0 Å². The Hall–Kier alpha value is -2.36. The molecule has 0 bridgehead atoms. The second kappa shape index (κ2) is 6.70. The van der Waals surface area contributed by atoms with E-state index in [1.807, 2.05) is 30.3 Å². The molecule has 3 N–H and O–H groups in total. The number of hydrogen-bond donors (Lipinski definition) is 2. The number of ether oxygens (including phenoxy) is 2. The van der Waals surface area contributed by atoms with E-state index in [1.54, 1.807) is 14.2 Å². The molecule has 0 spiro atoms. The summed E-state index contributed by atoms with van der Waals surface area (Å²) in [6.45, 7) is 0.847. The number of nitrogens with one attached hydrogen (secondary N) is 1. The molecule has 4 nitrogen and oxygen atoms in total. The van der Waals surface area contributed by atoms with Crippen molar-refractivity contribution in [3.63, 3.8) is 0 Å². The molecule has 2 aromatic rings. The number of anilines is 2. The third-order valence-corrected chi connectivity index (χ3v) is 3.14. The van der Waals surface area contributed by atoms with Gasteiger partial charge in [0.2, 0.25) is 0 Å². The van der Waals surface area contributed by atoms with Crippen molar-refractivity contribution in [3.8, 4) is 11.5 Å². The van der Waals surface area contributed by atoms with Crippen LogP contribution in [0.1, 0.15) is 5.56 Å². The molecule has 0 amide bonds. The van der Waals surface area contributed by atoms with Crippen molar-refractivity contribution < 1.29 is 9.47 Å². The standard InChI is InChI=1S/C16H20N2O2/c1-19-14-6-3-12(4-7-14)9-10-18-13-5-8-15(17)16(11-13)20-2/h3-8,11,18H,9-10,17H2,1-2H3. The van der Waals surface area contributed by atoms with Crippen LogP contribution in [0.15, 0.2) is 42.5 Å². The van der Waals surface area contributed by atoms with Gasteiger partial charge in [0.15, 0.2) is 0 Å². The smallest absolute Gasteiger partial charge is 0.143 e. The zero-order chi connectivity index (χ0) is 14.4. The fourth-order valence-electron chi connectivity index (χ4n) is 1.96. The van der Waals surface area contributed by atoms with Crippen molar-refractivity contribution in [1.82, 2.24) is 0 Å². The lowest BCUT2D eigenvalue weighted by Crippen LogP contribution is -2.05. The van der Waals surface area contributed by atoms with Gasteiger partial charge in [-0.05, 0) is 36.2 Å². The number of benzene rings is 2. The van der Waals surface area contributed by atoms with Crippen molar-refractivity contribution in [2.75, 3.05) is 31.8 Å². The highest BCUT2D eigenvalue weighted by Gasteiger charge is 2.01. The zero-order valence-corrected chi connectivity index (χ0v) is 11.8. The number of nitrogens with two attached hydrogens (primary N) is 1. The van der Waals surface area contributed by atoms with E-state index in [0.29, 0.717) is 11.4 Å². The summed E-state index contributed by atoms with van der Waals surface area (Å²) in [6, 6.07) is 13.8. The van der Waals surface area contributed by atoms with Gasteiger partial charge < -0.3 is 20.5 Å². The van der Waals surface area contributed by atoms with E-state index in [4.69, 9.17) is 15.2 Å². The minimum absolute atomic E-state index is 0.646. The molecule has 2 aromatic carbocycles. The summed E-state index contributed by atoms with van der Waals surface area (Å²) in [5.74, 6) is 1.57. The fraction of sp³-hybridized carbons (Fsp3) is 0.250. The molecule has 0 unspecified atom stereocenters. The summed E-state index contributed by atoms with van der Waals surface area (Å²) < 4.78 is 10.3. The summed E-state index contributed by atoms with van der Waals surface area (Å²) in [4.78, 5) is 0. The fourth-order valence-corrected chi connectivity index (χ4v) is 1.96. The second-order valence-electron chi connectivity index (χ2n) is 4.48. The van der Waals surface area contributed by atoms with Crippen LogP contribution >= 0.6 is 0 Å². The lowest BCUT2D eigenvalue weighted by Gasteiger charge is -2.10. The van der Waals surface area contributed by atoms with Crippen LogP contribution in [0.4, 0.5) is 11.4 Å². The molecule has 0 saturated heterocycles. The molecule has 0 aliphatic heterocycles. The molecular formula is C16H20N2O2. The van der Waals surface area contributed by atoms with Crippen LogP contribution in [0.3, 0.4) is 0 Å². The first-order valence-corrected chi connectivity index (χ1v) is 6.53. The van der Waals surface area contributed by atoms with Gasteiger partial charge in [-0.2, -0.15) is 0 Å². The Morgan fingerprint density at radius 2 is 1.75 bits per heavy atom. The Morgan fingerprint density at radius 3 is 2.40 bits per heavy atom. The van der Waals surface area contributed by atoms with Gasteiger partial charge in [-0.25, -0.2) is 0 Å². The van der Waals surface area contributed by atoms with E-state index < -0.39 is 0 Å². The molecule has 4 heteroatoms. The maximum atomic E-state index is 5.78. The average molecular weight is 272 g/mol. The Bertz CT molecular complexity index is 553. The highest BCUT2D eigenvalue weighted by molar-refractivity contribution is 5.61. The summed E-state index contributed by atoms with van der Waals surface area (Å²) in [7, 11) is 3.29. The van der Waals surface area contributed by atoms with Crippen LogP contribution < -0.4 is 20.5 Å². The molecule has 0 atom stereocenters. The van der Waals surface area contributed by atoms with Gasteiger partial charge in [0.05, 0.1) is 19.9 Å². The van der Waals surface area contributed by atoms with E-state index in [-0.39, 0.29) is 0 Å². The number of methoxy groups -OCH3 is 2. The predicted octanol–water partition coefficient (Wildman–Crippen LogP) is 2.94. The van der Waals surface area contributed by atoms with Gasteiger partial charge in [0, 0.05) is 18.3 Å². The van der Waals surface area contributed by atoms with E-state index in [0.717, 1.165) is 24.4 Å². The van der Waals surface area contributed by atoms with Gasteiger partial charge >= 0.3 is 0 Å². The monoisotopic (exact) mass is 272 g/mol. The van der Waals surface area contributed by atoms with E-state index in [2.05, 4.69) is 17.4 Å². The third kappa shape index (κ3) is 3.57. The topological polar surface area (TPSA) is 56.5 Å². The number of hydrogen-bond acceptors (Lipinski definition) is 4. The van der Waals surface area contributed by atoms with E-state index >= 15 is 0 Å². The van der Waals surface area contributed by atoms with Crippen molar-refractivity contribution in [1.29, 1.82) is 0 Å². The van der Waals surface area contributed by atoms with Gasteiger partial charge in [0.1, 0.15) is 11.5 Å². The van der Waals surface area contributed by atoms with Crippen molar-refractivity contribution >= 4 is 11.4 Å². The Balaban J connectivity index is 1.88. The van der Waals surface area contributed by atoms with E-state index in [1.165, 1.54) is 5.56 Å². The summed E-state index contributed by atoms with van der Waals surface area (Å²) >= 11 is 0. The number of nitrogen functional groups attached to an aromatic ring is 1. The quantitative estimate of drug-likeness (QED) is 0.794. The Kier molecular flexibility index (Phi) is 4.71. The molecule has 0 aliphatic carbocycles. The first kappa shape index (κ1) is 14.1. The number of rotatable bonds is 6. The molecular weight excluding hydrogens is 252 g/mol. The van der Waals surface area contributed by atoms with Gasteiger partial charge in [-0.1, -0.05) is 12.1 Å². The molecule has 2 rings (SSSR count). The third-order valence-electron chi connectivity index (χ3n) is 3.14. The van der Waals surface area contributed by atoms with Crippen LogP contribution in [0, 0.1) is 0 Å². The molecule has 106 valence electrons. The molecule has 0 aromatic heterocycles. The zero-order valence-electron chi connectivity index (χ0n) is 11.8. The molecule has 0 radical (unpaired) electrons. The van der Waals surface area contributed by atoms with Crippen LogP contribution in [0.5, 0.6) is 11.5 Å². The van der Waals surface area contributed by atoms with Crippen LogP contribution in [0.25, 0.3) is 0 Å². The molecule has 0 saturated carbocycles. The van der Waals surface area contributed by atoms with Gasteiger partial charge in [-0.3, -0.25) is 0 Å². The first-order chi connectivity index (χ1) is 9.72. The summed E-state index contributed by atoms with van der Waals surface area (Å²) in [5, 5.41) is 3.36. The average Bonchev–Trinajstić information content (AvgIpc) is 2.49. The summed E-state index contributed by atoms with van der Waals surface area (Å²) in [5.41, 5.74) is 8.70. The SMILES string of the molecule is COc1ccc(CCNc2ccc(N)c(OC)c2)cc1. The van der Waals surface area contributed by atoms with Gasteiger partial charge in [-0.15, -0.1) is 0 Å². The Morgan fingerprint density at radius 1 is 1.00 bits per heavy atom. The first-order valence-electron chi connectivity index (χ1n) is 6.53. The molecule has 20 heavy (non-hydrogen) atoms. The minimum Gasteiger partial charge on any atom is -0.497 e. The van der Waals surface area contributed by atoms with Crippen molar-refractivity contribution in [3.05, 3.63) is 48.0 Å². The van der Waals surface area contributed by atoms with E-state index in [9.17, 15) is 0 Å². The summed E-state index contributed by atoms with van der Waals surface area (Å²) in [6.07, 6.45) is 0.941. The largest absolute Gasteiger partial charge is 0.497 e. The molecule has 0 fully saturated rings. The highest BCUT2D eigenvalue weighted by Crippen LogP contribution is 2.24. The highest BCUT2D eigenvalue weighted by atomic mass is 16.5. The van der Waals surface area contributed by atoms with Crippen LogP contribution in [-0.2, 0) is 6.42 Å². The lowest BCUT2D eigenvalue weighted by molar-refractivity contribution is 0.414. The van der Waals surface area contributed by atoms with Crippen LogP contribution in [0.2, 0.25) is 0 Å². The molecule has 0 heterocycles. The molecule has 0 aliphatic rings. The maximum absolute atomic E-state index is 5.78. The second-order valence-corrected chi connectivity index (χ2v) is 4.48. The van der Waals surface area contributed by atoms with Crippen LogP contribution in [-0.4, -0.2) is 20.8 Å². The van der Waals surface area contributed by atoms with Crippen molar-refractivity contribution in [2.45, 2.75) is 6.42 Å². The minimum atomic E-state index is 0.646. The Labute approximate surface area is 119 Å². The normalized spacial score (nSPS) is 10.1. The van der Waals surface area contributed by atoms with Gasteiger partial charge in [0.25, 0.3) is 0 Å². The predicted molar refractivity (Wildman–Crippen MR) is 82.6 cm³/mol. The lowest BCUT2D eigenvalue weighted by atomic mass is 10.1.